The summed E-state index contributed by atoms with van der Waals surface area (Å²) in [5.74, 6) is 0.615. The van der Waals surface area contributed by atoms with Gasteiger partial charge >= 0.3 is 0 Å². The summed E-state index contributed by atoms with van der Waals surface area (Å²) in [6.45, 7) is 3.36. The number of carbonyl (C=O) groups is 1. The fraction of sp³-hybridized carbons (Fsp3) is 0.471. The molecule has 3 rings (SSSR count). The van der Waals surface area contributed by atoms with Gasteiger partial charge in [0.05, 0.1) is 23.9 Å². The molecule has 0 radical (unpaired) electrons. The summed E-state index contributed by atoms with van der Waals surface area (Å²) in [6, 6.07) is 4.77. The predicted molar refractivity (Wildman–Crippen MR) is 86.8 cm³/mol. The van der Waals surface area contributed by atoms with E-state index in [4.69, 9.17) is 9.26 Å². The Kier molecular flexibility index (Phi) is 4.80. The lowest BCUT2D eigenvalue weighted by Crippen LogP contribution is -2.32. The highest BCUT2D eigenvalue weighted by Gasteiger charge is 2.33. The molecule has 0 N–H and O–H groups in total. The summed E-state index contributed by atoms with van der Waals surface area (Å²) in [7, 11) is 1.58. The Morgan fingerprint density at radius 3 is 3.00 bits per heavy atom. The number of amides is 1. The normalized spacial score (nSPS) is 17.4. The number of hydrogen-bond acceptors (Lipinski definition) is 5. The van der Waals surface area contributed by atoms with Crippen LogP contribution in [0.1, 0.15) is 40.7 Å². The fourth-order valence-corrected chi connectivity index (χ4v) is 3.03. The highest BCUT2D eigenvalue weighted by atomic mass is 16.5. The fourth-order valence-electron chi connectivity index (χ4n) is 3.03. The number of hydrogen-bond donors (Lipinski definition) is 0. The molecule has 7 heteroatoms. The molecule has 1 fully saturated rings. The maximum Gasteiger partial charge on any atom is 0.255 e. The Morgan fingerprint density at radius 2 is 2.29 bits per heavy atom. The van der Waals surface area contributed by atoms with Crippen molar-refractivity contribution in [2.24, 2.45) is 0 Å². The molecule has 2 aromatic heterocycles. The predicted octanol–water partition coefficient (Wildman–Crippen LogP) is 1.77. The Balaban J connectivity index is 1.84. The number of aromatic nitrogens is 2. The van der Waals surface area contributed by atoms with E-state index in [9.17, 15) is 9.59 Å². The Labute approximate surface area is 139 Å². The van der Waals surface area contributed by atoms with Crippen LogP contribution in [0.2, 0.25) is 0 Å². The third kappa shape index (κ3) is 3.26. The quantitative estimate of drug-likeness (QED) is 0.834. The van der Waals surface area contributed by atoms with E-state index in [2.05, 4.69) is 5.16 Å². The maximum absolute atomic E-state index is 12.9. The molecule has 24 heavy (non-hydrogen) atoms. The van der Waals surface area contributed by atoms with Gasteiger partial charge in [-0.1, -0.05) is 5.16 Å². The Bertz CT molecular complexity index is 780. The van der Waals surface area contributed by atoms with E-state index in [1.807, 2.05) is 13.0 Å². The standard InChI is InChI=1S/C17H21N3O4/c1-12-10-15(24-18-12)14-4-3-7-20(14)17(22)13-5-6-16(21)19(11-13)8-9-23-2/h5-6,10-11,14H,3-4,7-9H2,1-2H3. The van der Waals surface area contributed by atoms with Crippen molar-refractivity contribution in [1.29, 1.82) is 0 Å². The second kappa shape index (κ2) is 7.00. The molecule has 3 heterocycles. The first kappa shape index (κ1) is 16.4. The van der Waals surface area contributed by atoms with Crippen LogP contribution in [0.5, 0.6) is 0 Å². The third-order valence-electron chi connectivity index (χ3n) is 4.26. The molecule has 1 amide bonds. The zero-order valence-electron chi connectivity index (χ0n) is 13.9. The van der Waals surface area contributed by atoms with Crippen molar-refractivity contribution >= 4 is 5.91 Å². The summed E-state index contributed by atoms with van der Waals surface area (Å²) in [4.78, 5) is 26.6. The number of pyridine rings is 1. The molecule has 0 spiro atoms. The van der Waals surface area contributed by atoms with E-state index < -0.39 is 0 Å². The molecule has 1 aliphatic heterocycles. The van der Waals surface area contributed by atoms with Gasteiger partial charge in [-0.15, -0.1) is 0 Å². The van der Waals surface area contributed by atoms with E-state index in [-0.39, 0.29) is 17.5 Å². The minimum Gasteiger partial charge on any atom is -0.383 e. The van der Waals surface area contributed by atoms with E-state index in [1.165, 1.54) is 10.6 Å². The van der Waals surface area contributed by atoms with E-state index >= 15 is 0 Å². The number of methoxy groups -OCH3 is 1. The lowest BCUT2D eigenvalue weighted by molar-refractivity contribution is 0.0713. The SMILES string of the molecule is COCCn1cc(C(=O)N2CCCC2c2cc(C)no2)ccc1=O. The first-order chi connectivity index (χ1) is 11.6. The van der Waals surface area contributed by atoms with Crippen LogP contribution in [0.3, 0.4) is 0 Å². The van der Waals surface area contributed by atoms with E-state index in [1.54, 1.807) is 24.3 Å². The first-order valence-corrected chi connectivity index (χ1v) is 8.04. The number of carbonyl (C=O) groups excluding carboxylic acids is 1. The molecule has 0 saturated carbocycles. The molecule has 0 aromatic carbocycles. The van der Waals surface area contributed by atoms with Gasteiger partial charge < -0.3 is 18.7 Å². The van der Waals surface area contributed by atoms with Crippen molar-refractivity contribution in [2.45, 2.75) is 32.4 Å². The monoisotopic (exact) mass is 331 g/mol. The zero-order chi connectivity index (χ0) is 17.1. The lowest BCUT2D eigenvalue weighted by atomic mass is 10.1. The average molecular weight is 331 g/mol. The van der Waals surface area contributed by atoms with Gasteiger partial charge in [-0.05, 0) is 25.8 Å². The van der Waals surface area contributed by atoms with Gasteiger partial charge in [-0.2, -0.15) is 0 Å². The average Bonchev–Trinajstić information content (AvgIpc) is 3.22. The maximum atomic E-state index is 12.9. The Morgan fingerprint density at radius 1 is 1.46 bits per heavy atom. The molecule has 2 aromatic rings. The van der Waals surface area contributed by atoms with Crippen LogP contribution in [0.4, 0.5) is 0 Å². The van der Waals surface area contributed by atoms with Gasteiger partial charge in [0, 0.05) is 38.5 Å². The van der Waals surface area contributed by atoms with Gasteiger partial charge in [-0.25, -0.2) is 0 Å². The van der Waals surface area contributed by atoms with Gasteiger partial charge in [0.1, 0.15) is 0 Å². The van der Waals surface area contributed by atoms with Crippen LogP contribution in [0, 0.1) is 6.92 Å². The van der Waals surface area contributed by atoms with Gasteiger partial charge in [0.15, 0.2) is 5.76 Å². The van der Waals surface area contributed by atoms with Crippen molar-refractivity contribution in [3.8, 4) is 0 Å². The van der Waals surface area contributed by atoms with E-state index in [0.717, 1.165) is 18.5 Å². The number of nitrogens with zero attached hydrogens (tertiary/aromatic N) is 3. The second-order valence-corrected chi connectivity index (χ2v) is 5.97. The minimum absolute atomic E-state index is 0.0990. The number of aryl methyl sites for hydroxylation is 1. The summed E-state index contributed by atoms with van der Waals surface area (Å²) in [5, 5.41) is 3.91. The van der Waals surface area contributed by atoms with Gasteiger partial charge in [-0.3, -0.25) is 9.59 Å². The van der Waals surface area contributed by atoms with Crippen molar-refractivity contribution in [3.05, 3.63) is 51.8 Å². The smallest absolute Gasteiger partial charge is 0.255 e. The van der Waals surface area contributed by atoms with Crippen LogP contribution in [0.25, 0.3) is 0 Å². The number of ether oxygens (including phenoxy) is 1. The van der Waals surface area contributed by atoms with Crippen molar-refractivity contribution in [1.82, 2.24) is 14.6 Å². The topological polar surface area (TPSA) is 77.6 Å². The molecule has 1 saturated heterocycles. The molecule has 1 atom stereocenters. The van der Waals surface area contributed by atoms with Crippen LogP contribution in [-0.4, -0.2) is 40.8 Å². The van der Waals surface area contributed by atoms with Crippen molar-refractivity contribution in [3.63, 3.8) is 0 Å². The second-order valence-electron chi connectivity index (χ2n) is 5.97. The molecule has 1 unspecified atom stereocenters. The number of rotatable bonds is 5. The molecule has 0 aliphatic carbocycles. The third-order valence-corrected chi connectivity index (χ3v) is 4.26. The molecular weight excluding hydrogens is 310 g/mol. The summed E-state index contributed by atoms with van der Waals surface area (Å²) in [6.07, 6.45) is 3.37. The molecule has 0 bridgehead atoms. The highest BCUT2D eigenvalue weighted by molar-refractivity contribution is 5.94. The summed E-state index contributed by atoms with van der Waals surface area (Å²) >= 11 is 0. The molecule has 128 valence electrons. The van der Waals surface area contributed by atoms with Crippen molar-refractivity contribution in [2.75, 3.05) is 20.3 Å². The van der Waals surface area contributed by atoms with Crippen LogP contribution in [0.15, 0.2) is 33.7 Å². The minimum atomic E-state index is -0.146. The van der Waals surface area contributed by atoms with Crippen LogP contribution in [-0.2, 0) is 11.3 Å². The summed E-state index contributed by atoms with van der Waals surface area (Å²) in [5.41, 5.74) is 1.15. The van der Waals surface area contributed by atoms with Crippen LogP contribution < -0.4 is 5.56 Å². The van der Waals surface area contributed by atoms with Gasteiger partial charge in [0.25, 0.3) is 11.5 Å². The molecule has 1 aliphatic rings. The molecule has 7 nitrogen and oxygen atoms in total. The summed E-state index contributed by atoms with van der Waals surface area (Å²) < 4.78 is 11.8. The molecular formula is C17H21N3O4. The first-order valence-electron chi connectivity index (χ1n) is 8.04. The van der Waals surface area contributed by atoms with Crippen molar-refractivity contribution < 1.29 is 14.1 Å². The largest absolute Gasteiger partial charge is 0.383 e. The lowest BCUT2D eigenvalue weighted by Gasteiger charge is -2.23. The highest BCUT2D eigenvalue weighted by Crippen LogP contribution is 2.33. The Hall–Kier alpha value is -2.41. The zero-order valence-corrected chi connectivity index (χ0v) is 13.9. The van der Waals surface area contributed by atoms with E-state index in [0.29, 0.717) is 31.0 Å². The number of likely N-dealkylation sites (tertiary alicyclic amines) is 1. The van der Waals surface area contributed by atoms with Gasteiger partial charge in [0.2, 0.25) is 0 Å². The van der Waals surface area contributed by atoms with Crippen LogP contribution >= 0.6 is 0 Å².